The largest absolute Gasteiger partial charge is 0.480 e. The lowest BCUT2D eigenvalue weighted by molar-refractivity contribution is -0.122. The van der Waals surface area contributed by atoms with E-state index in [4.69, 9.17) is 9.26 Å². The van der Waals surface area contributed by atoms with Crippen LogP contribution in [0, 0.1) is 5.92 Å². The fourth-order valence-corrected chi connectivity index (χ4v) is 3.91. The molecule has 8 nitrogen and oxygen atoms in total. The third kappa shape index (κ3) is 4.60. The lowest BCUT2D eigenvalue weighted by Crippen LogP contribution is -2.33. The molecule has 2 heterocycles. The highest BCUT2D eigenvalue weighted by molar-refractivity contribution is 5.98. The number of amides is 2. The summed E-state index contributed by atoms with van der Waals surface area (Å²) in [6.45, 7) is 3.98. The zero-order chi connectivity index (χ0) is 22.9. The number of para-hydroxylation sites is 1. The molecule has 0 saturated heterocycles. The summed E-state index contributed by atoms with van der Waals surface area (Å²) >= 11 is 0. The number of rotatable bonds is 7. The number of carbonyl (C=O) groups excluding carboxylic acids is 2. The molecular weight excluding hydrogens is 420 g/mol. The summed E-state index contributed by atoms with van der Waals surface area (Å²) in [6.07, 6.45) is 2.08. The summed E-state index contributed by atoms with van der Waals surface area (Å²) in [7, 11) is 0. The highest BCUT2D eigenvalue weighted by atomic mass is 16.5. The molecule has 8 heteroatoms. The van der Waals surface area contributed by atoms with Crippen molar-refractivity contribution in [3.8, 4) is 5.75 Å². The van der Waals surface area contributed by atoms with Gasteiger partial charge in [0.2, 0.25) is 5.89 Å². The van der Waals surface area contributed by atoms with Crippen LogP contribution in [-0.4, -0.2) is 28.1 Å². The van der Waals surface area contributed by atoms with Gasteiger partial charge in [0.05, 0.1) is 0 Å². The van der Waals surface area contributed by atoms with Crippen LogP contribution < -0.4 is 15.4 Å². The predicted molar refractivity (Wildman–Crippen MR) is 121 cm³/mol. The van der Waals surface area contributed by atoms with Crippen molar-refractivity contribution in [3.63, 3.8) is 0 Å². The van der Waals surface area contributed by atoms with E-state index in [-0.39, 0.29) is 17.7 Å². The number of nitrogens with one attached hydrogen (secondary N) is 2. The first kappa shape index (κ1) is 21.2. The lowest BCUT2D eigenvalue weighted by Gasteiger charge is -2.19. The number of hydrogen-bond donors (Lipinski definition) is 2. The number of aromatic nitrogens is 2. The summed E-state index contributed by atoms with van der Waals surface area (Å²) < 4.78 is 11.2. The third-order valence-corrected chi connectivity index (χ3v) is 5.95. The van der Waals surface area contributed by atoms with Crippen molar-refractivity contribution in [2.75, 3.05) is 5.32 Å². The minimum absolute atomic E-state index is 0.0606. The highest BCUT2D eigenvalue weighted by Crippen LogP contribution is 2.38. The van der Waals surface area contributed by atoms with E-state index in [1.807, 2.05) is 38.1 Å². The molecule has 1 saturated carbocycles. The molecule has 170 valence electrons. The molecule has 33 heavy (non-hydrogen) atoms. The molecule has 1 aliphatic heterocycles. The standard InChI is InChI=1S/C25H26N4O4/c1-14(2)21(25-28-22(29-33-25)15-10-11-15)27-23(30)17-7-5-8-18(12-17)26-24(31)20-13-16-6-3-4-9-19(16)32-20/h3-9,12,14-15,20-21H,10-11,13H2,1-2H3,(H,26,31)(H,27,30). The van der Waals surface area contributed by atoms with Crippen LogP contribution >= 0.6 is 0 Å². The Kier molecular flexibility index (Phi) is 5.58. The molecule has 1 aliphatic carbocycles. The smallest absolute Gasteiger partial charge is 0.265 e. The van der Waals surface area contributed by atoms with Gasteiger partial charge in [-0.1, -0.05) is 43.3 Å². The highest BCUT2D eigenvalue weighted by Gasteiger charge is 2.32. The molecular formula is C25H26N4O4. The second-order valence-corrected chi connectivity index (χ2v) is 8.95. The normalized spacial score (nSPS) is 17.8. The molecule has 2 aliphatic rings. The number of fused-ring (bicyclic) bond motifs is 1. The second-order valence-electron chi connectivity index (χ2n) is 8.95. The van der Waals surface area contributed by atoms with E-state index in [0.717, 1.165) is 24.2 Å². The molecule has 0 radical (unpaired) electrons. The third-order valence-electron chi connectivity index (χ3n) is 5.95. The summed E-state index contributed by atoms with van der Waals surface area (Å²) in [5.41, 5.74) is 1.97. The fraction of sp³-hybridized carbons (Fsp3) is 0.360. The van der Waals surface area contributed by atoms with Gasteiger partial charge in [0.1, 0.15) is 11.8 Å². The average molecular weight is 447 g/mol. The van der Waals surface area contributed by atoms with Crippen molar-refractivity contribution >= 4 is 17.5 Å². The van der Waals surface area contributed by atoms with Crippen molar-refractivity contribution in [2.24, 2.45) is 5.92 Å². The van der Waals surface area contributed by atoms with E-state index in [9.17, 15) is 9.59 Å². The Hall–Kier alpha value is -3.68. The van der Waals surface area contributed by atoms with Crippen LogP contribution in [0.2, 0.25) is 0 Å². The topological polar surface area (TPSA) is 106 Å². The molecule has 2 amide bonds. The molecule has 2 unspecified atom stereocenters. The fourth-order valence-electron chi connectivity index (χ4n) is 3.91. The first-order chi connectivity index (χ1) is 16.0. The van der Waals surface area contributed by atoms with E-state index >= 15 is 0 Å². The Morgan fingerprint density at radius 1 is 1.09 bits per heavy atom. The summed E-state index contributed by atoms with van der Waals surface area (Å²) in [4.78, 5) is 30.2. The molecule has 1 fully saturated rings. The van der Waals surface area contributed by atoms with Crippen LogP contribution in [0.25, 0.3) is 0 Å². The van der Waals surface area contributed by atoms with E-state index in [0.29, 0.717) is 35.3 Å². The van der Waals surface area contributed by atoms with Gasteiger partial charge in [-0.25, -0.2) is 0 Å². The number of benzene rings is 2. The van der Waals surface area contributed by atoms with Crippen LogP contribution in [0.15, 0.2) is 53.1 Å². The zero-order valence-electron chi connectivity index (χ0n) is 18.6. The number of nitrogens with zero attached hydrogens (tertiary/aromatic N) is 2. The monoisotopic (exact) mass is 446 g/mol. The SMILES string of the molecule is CC(C)C(NC(=O)c1cccc(NC(=O)C2Cc3ccccc3O2)c1)c1nc(C2CC2)no1. The minimum atomic E-state index is -0.594. The van der Waals surface area contributed by atoms with Crippen LogP contribution in [-0.2, 0) is 11.2 Å². The quantitative estimate of drug-likeness (QED) is 0.568. The molecule has 1 aromatic heterocycles. The molecule has 2 aromatic carbocycles. The van der Waals surface area contributed by atoms with Gasteiger partial charge in [0, 0.05) is 23.6 Å². The van der Waals surface area contributed by atoms with E-state index in [2.05, 4.69) is 20.8 Å². The Morgan fingerprint density at radius 2 is 1.91 bits per heavy atom. The van der Waals surface area contributed by atoms with Gasteiger partial charge in [-0.2, -0.15) is 4.98 Å². The van der Waals surface area contributed by atoms with Crippen LogP contribution in [0.4, 0.5) is 5.69 Å². The molecule has 0 bridgehead atoms. The number of carbonyl (C=O) groups is 2. The van der Waals surface area contributed by atoms with Crippen LogP contribution in [0.3, 0.4) is 0 Å². The number of hydrogen-bond acceptors (Lipinski definition) is 6. The first-order valence-electron chi connectivity index (χ1n) is 11.3. The van der Waals surface area contributed by atoms with Gasteiger partial charge < -0.3 is 19.9 Å². The Morgan fingerprint density at radius 3 is 2.67 bits per heavy atom. The van der Waals surface area contributed by atoms with Crippen LogP contribution in [0.5, 0.6) is 5.75 Å². The Labute approximate surface area is 191 Å². The van der Waals surface area contributed by atoms with Crippen molar-refractivity contribution in [2.45, 2.75) is 51.2 Å². The Bertz CT molecular complexity index is 1160. The lowest BCUT2D eigenvalue weighted by atomic mass is 10.0. The second kappa shape index (κ2) is 8.69. The molecule has 0 spiro atoms. The molecule has 2 atom stereocenters. The average Bonchev–Trinajstić information content (AvgIpc) is 3.38. The van der Waals surface area contributed by atoms with E-state index in [1.54, 1.807) is 24.3 Å². The number of ether oxygens (including phenoxy) is 1. The summed E-state index contributed by atoms with van der Waals surface area (Å²) in [5, 5.41) is 9.92. The van der Waals surface area contributed by atoms with Gasteiger partial charge >= 0.3 is 0 Å². The Balaban J connectivity index is 1.25. The van der Waals surface area contributed by atoms with E-state index < -0.39 is 12.1 Å². The molecule has 2 N–H and O–H groups in total. The van der Waals surface area contributed by atoms with Gasteiger partial charge in [-0.3, -0.25) is 9.59 Å². The first-order valence-corrected chi connectivity index (χ1v) is 11.3. The predicted octanol–water partition coefficient (Wildman–Crippen LogP) is 4.02. The van der Waals surface area contributed by atoms with Crippen molar-refractivity contribution in [1.82, 2.24) is 15.5 Å². The summed E-state index contributed by atoms with van der Waals surface area (Å²) in [5.74, 6) is 1.78. The minimum Gasteiger partial charge on any atom is -0.480 e. The van der Waals surface area contributed by atoms with Crippen molar-refractivity contribution in [3.05, 3.63) is 71.4 Å². The maximum atomic E-state index is 13.0. The van der Waals surface area contributed by atoms with Crippen molar-refractivity contribution < 1.29 is 18.8 Å². The number of anilines is 1. The van der Waals surface area contributed by atoms with Gasteiger partial charge in [0.15, 0.2) is 11.9 Å². The van der Waals surface area contributed by atoms with Crippen LogP contribution in [0.1, 0.15) is 66.3 Å². The maximum absolute atomic E-state index is 13.0. The summed E-state index contributed by atoms with van der Waals surface area (Å²) in [6, 6.07) is 14.0. The van der Waals surface area contributed by atoms with Crippen molar-refractivity contribution in [1.29, 1.82) is 0 Å². The zero-order valence-corrected chi connectivity index (χ0v) is 18.6. The molecule has 3 aromatic rings. The maximum Gasteiger partial charge on any atom is 0.265 e. The molecule has 5 rings (SSSR count). The van der Waals surface area contributed by atoms with E-state index in [1.165, 1.54) is 0 Å². The van der Waals surface area contributed by atoms with Gasteiger partial charge in [-0.15, -0.1) is 0 Å². The van der Waals surface area contributed by atoms with Gasteiger partial charge in [-0.05, 0) is 48.6 Å². The van der Waals surface area contributed by atoms with Gasteiger partial charge in [0.25, 0.3) is 11.8 Å².